The maximum Gasteiger partial charge on any atom is 0.269 e. The van der Waals surface area contributed by atoms with Crippen molar-refractivity contribution in [1.82, 2.24) is 10.3 Å². The van der Waals surface area contributed by atoms with Crippen LogP contribution in [0.1, 0.15) is 35.0 Å². The number of pyridine rings is 1. The Morgan fingerprint density at radius 1 is 1.25 bits per heavy atom. The van der Waals surface area contributed by atoms with Gasteiger partial charge in [-0.2, -0.15) is 0 Å². The van der Waals surface area contributed by atoms with Crippen molar-refractivity contribution in [3.8, 4) is 0 Å². The summed E-state index contributed by atoms with van der Waals surface area (Å²) in [4.78, 5) is 16.3. The third-order valence-electron chi connectivity index (χ3n) is 3.82. The van der Waals surface area contributed by atoms with Gasteiger partial charge >= 0.3 is 0 Å². The molecule has 0 fully saturated rings. The molecule has 0 unspecified atom stereocenters. The molecule has 2 aromatic rings. The molecular weight excluding hydrogens is 302 g/mol. The second kappa shape index (κ2) is 9.03. The number of para-hydroxylation sites is 1. The van der Waals surface area contributed by atoms with E-state index in [1.165, 1.54) is 11.1 Å². The van der Waals surface area contributed by atoms with E-state index < -0.39 is 0 Å². The molecule has 5 heteroatoms. The number of ether oxygens (including phenoxy) is 1. The van der Waals surface area contributed by atoms with Gasteiger partial charge in [0.2, 0.25) is 0 Å². The number of hydrogen-bond donors (Lipinski definition) is 2. The number of carbonyl (C=O) groups is 1. The molecule has 2 rings (SSSR count). The standard InChI is InChI=1S/C19H25N3O2/c1-4-15-8-5-7-14(2)18(15)22-16-9-10-17(21-13-16)19(23)20-11-6-12-24-3/h5,7-10,13,22H,4,6,11-12H2,1-3H3,(H,20,23). The van der Waals surface area contributed by atoms with Crippen LogP contribution in [0.2, 0.25) is 0 Å². The third-order valence-corrected chi connectivity index (χ3v) is 3.82. The van der Waals surface area contributed by atoms with E-state index in [0.29, 0.717) is 18.8 Å². The van der Waals surface area contributed by atoms with Gasteiger partial charge in [0.15, 0.2) is 0 Å². The lowest BCUT2D eigenvalue weighted by molar-refractivity contribution is 0.0943. The lowest BCUT2D eigenvalue weighted by Gasteiger charge is -2.14. The number of anilines is 2. The number of rotatable bonds is 8. The molecule has 0 spiro atoms. The highest BCUT2D eigenvalue weighted by molar-refractivity contribution is 5.92. The fraction of sp³-hybridized carbons (Fsp3) is 0.368. The second-order valence-corrected chi connectivity index (χ2v) is 5.62. The van der Waals surface area contributed by atoms with Gasteiger partial charge in [-0.1, -0.05) is 25.1 Å². The number of hydrogen-bond acceptors (Lipinski definition) is 4. The molecule has 1 amide bonds. The van der Waals surface area contributed by atoms with Crippen molar-refractivity contribution >= 4 is 17.3 Å². The molecule has 1 heterocycles. The zero-order valence-corrected chi connectivity index (χ0v) is 14.6. The van der Waals surface area contributed by atoms with Crippen LogP contribution < -0.4 is 10.6 Å². The Hall–Kier alpha value is -2.40. The highest BCUT2D eigenvalue weighted by Crippen LogP contribution is 2.25. The summed E-state index contributed by atoms with van der Waals surface area (Å²) in [5.74, 6) is -0.164. The zero-order chi connectivity index (χ0) is 17.4. The average molecular weight is 327 g/mol. The predicted octanol–water partition coefficient (Wildman–Crippen LogP) is 3.46. The van der Waals surface area contributed by atoms with E-state index in [4.69, 9.17) is 4.74 Å². The molecule has 1 aromatic carbocycles. The lowest BCUT2D eigenvalue weighted by atomic mass is 10.1. The van der Waals surface area contributed by atoms with Crippen LogP contribution >= 0.6 is 0 Å². The van der Waals surface area contributed by atoms with Crippen LogP contribution in [0.15, 0.2) is 36.5 Å². The fourth-order valence-electron chi connectivity index (χ4n) is 2.46. The van der Waals surface area contributed by atoms with Gasteiger partial charge in [-0.05, 0) is 43.0 Å². The minimum absolute atomic E-state index is 0.164. The van der Waals surface area contributed by atoms with Crippen LogP contribution in [0.25, 0.3) is 0 Å². The Morgan fingerprint density at radius 3 is 2.75 bits per heavy atom. The number of benzene rings is 1. The van der Waals surface area contributed by atoms with Gasteiger partial charge in [0, 0.05) is 25.9 Å². The first-order valence-corrected chi connectivity index (χ1v) is 8.24. The number of aryl methyl sites for hydroxylation is 2. The quantitative estimate of drug-likeness (QED) is 0.729. The van der Waals surface area contributed by atoms with Crippen molar-refractivity contribution in [2.24, 2.45) is 0 Å². The molecule has 0 atom stereocenters. The smallest absolute Gasteiger partial charge is 0.269 e. The Morgan fingerprint density at radius 2 is 2.08 bits per heavy atom. The zero-order valence-electron chi connectivity index (χ0n) is 14.6. The van der Waals surface area contributed by atoms with Crippen LogP contribution in [0.5, 0.6) is 0 Å². The number of methoxy groups -OCH3 is 1. The molecule has 0 saturated heterocycles. The van der Waals surface area contributed by atoms with E-state index in [0.717, 1.165) is 24.2 Å². The molecule has 0 saturated carbocycles. The van der Waals surface area contributed by atoms with Crippen LogP contribution in [-0.2, 0) is 11.2 Å². The molecule has 5 nitrogen and oxygen atoms in total. The highest BCUT2D eigenvalue weighted by atomic mass is 16.5. The first kappa shape index (κ1) is 17.9. The number of carbonyl (C=O) groups excluding carboxylic acids is 1. The maximum atomic E-state index is 12.0. The number of aromatic nitrogens is 1. The lowest BCUT2D eigenvalue weighted by Crippen LogP contribution is -2.26. The van der Waals surface area contributed by atoms with E-state index in [-0.39, 0.29) is 5.91 Å². The minimum Gasteiger partial charge on any atom is -0.385 e. The number of nitrogens with one attached hydrogen (secondary N) is 2. The van der Waals surface area contributed by atoms with Gasteiger partial charge in [0.25, 0.3) is 5.91 Å². The Labute approximate surface area is 143 Å². The molecule has 0 aliphatic rings. The number of nitrogens with zero attached hydrogens (tertiary/aromatic N) is 1. The SMILES string of the molecule is CCc1cccc(C)c1Nc1ccc(C(=O)NCCCOC)nc1. The molecule has 0 radical (unpaired) electrons. The monoisotopic (exact) mass is 327 g/mol. The first-order valence-electron chi connectivity index (χ1n) is 8.24. The summed E-state index contributed by atoms with van der Waals surface area (Å²) in [5.41, 5.74) is 4.84. The molecule has 24 heavy (non-hydrogen) atoms. The molecule has 128 valence electrons. The van der Waals surface area contributed by atoms with Gasteiger partial charge in [0.05, 0.1) is 11.9 Å². The van der Waals surface area contributed by atoms with Crippen molar-refractivity contribution in [2.75, 3.05) is 25.6 Å². The van der Waals surface area contributed by atoms with Crippen molar-refractivity contribution in [3.05, 3.63) is 53.3 Å². The van der Waals surface area contributed by atoms with E-state index in [9.17, 15) is 4.79 Å². The summed E-state index contributed by atoms with van der Waals surface area (Å²) in [7, 11) is 1.65. The highest BCUT2D eigenvalue weighted by Gasteiger charge is 2.08. The molecule has 0 bridgehead atoms. The topological polar surface area (TPSA) is 63.2 Å². The Bertz CT molecular complexity index is 669. The molecule has 0 aliphatic carbocycles. The molecular formula is C19H25N3O2. The van der Waals surface area contributed by atoms with Crippen LogP contribution in [-0.4, -0.2) is 31.2 Å². The maximum absolute atomic E-state index is 12.0. The van der Waals surface area contributed by atoms with Gasteiger partial charge in [-0.3, -0.25) is 4.79 Å². The van der Waals surface area contributed by atoms with Crippen molar-refractivity contribution in [1.29, 1.82) is 0 Å². The van der Waals surface area contributed by atoms with Crippen LogP contribution in [0.3, 0.4) is 0 Å². The summed E-state index contributed by atoms with van der Waals surface area (Å²) in [6.07, 6.45) is 3.43. The molecule has 2 N–H and O–H groups in total. The third kappa shape index (κ3) is 4.80. The van der Waals surface area contributed by atoms with E-state index in [1.54, 1.807) is 19.4 Å². The Balaban J connectivity index is 2.01. The van der Waals surface area contributed by atoms with E-state index in [2.05, 4.69) is 47.7 Å². The fourth-order valence-corrected chi connectivity index (χ4v) is 2.46. The van der Waals surface area contributed by atoms with Crippen LogP contribution in [0.4, 0.5) is 11.4 Å². The normalized spacial score (nSPS) is 10.5. The van der Waals surface area contributed by atoms with Gasteiger partial charge < -0.3 is 15.4 Å². The molecule has 1 aromatic heterocycles. The van der Waals surface area contributed by atoms with Gasteiger partial charge in [0.1, 0.15) is 5.69 Å². The summed E-state index contributed by atoms with van der Waals surface area (Å²) in [6, 6.07) is 9.87. The largest absolute Gasteiger partial charge is 0.385 e. The van der Waals surface area contributed by atoms with E-state index in [1.807, 2.05) is 6.07 Å². The summed E-state index contributed by atoms with van der Waals surface area (Å²) < 4.78 is 4.95. The van der Waals surface area contributed by atoms with Gasteiger partial charge in [-0.15, -0.1) is 0 Å². The van der Waals surface area contributed by atoms with Crippen molar-refractivity contribution < 1.29 is 9.53 Å². The first-order chi connectivity index (χ1) is 11.7. The summed E-state index contributed by atoms with van der Waals surface area (Å²) in [5, 5.41) is 6.24. The van der Waals surface area contributed by atoms with Crippen molar-refractivity contribution in [2.45, 2.75) is 26.7 Å². The summed E-state index contributed by atoms with van der Waals surface area (Å²) in [6.45, 7) is 5.43. The summed E-state index contributed by atoms with van der Waals surface area (Å²) >= 11 is 0. The minimum atomic E-state index is -0.164. The number of amides is 1. The Kier molecular flexibility index (Phi) is 6.75. The predicted molar refractivity (Wildman–Crippen MR) is 96.9 cm³/mol. The van der Waals surface area contributed by atoms with Crippen molar-refractivity contribution in [3.63, 3.8) is 0 Å². The van der Waals surface area contributed by atoms with Crippen LogP contribution in [0, 0.1) is 6.92 Å². The second-order valence-electron chi connectivity index (χ2n) is 5.62. The van der Waals surface area contributed by atoms with E-state index >= 15 is 0 Å². The van der Waals surface area contributed by atoms with Gasteiger partial charge in [-0.25, -0.2) is 4.98 Å². The molecule has 0 aliphatic heterocycles. The average Bonchev–Trinajstić information content (AvgIpc) is 2.61.